The Labute approximate surface area is 227 Å². The van der Waals surface area contributed by atoms with Gasteiger partial charge in [0.2, 0.25) is 0 Å². The van der Waals surface area contributed by atoms with Crippen molar-refractivity contribution >= 4 is 11.8 Å². The topological polar surface area (TPSA) is 118 Å². The molecule has 3 heterocycles. The number of hydrogen-bond acceptors (Lipinski definition) is 9. The molecule has 1 aromatic carbocycles. The van der Waals surface area contributed by atoms with E-state index in [1.165, 1.54) is 6.92 Å². The lowest BCUT2D eigenvalue weighted by Gasteiger charge is -2.37. The van der Waals surface area contributed by atoms with Gasteiger partial charge in [0.25, 0.3) is 0 Å². The van der Waals surface area contributed by atoms with Crippen LogP contribution < -0.4 is 5.32 Å². The predicted molar refractivity (Wildman–Crippen MR) is 145 cm³/mol. The van der Waals surface area contributed by atoms with Crippen molar-refractivity contribution in [3.8, 4) is 33.6 Å². The average Bonchev–Trinajstić information content (AvgIpc) is 3.56. The van der Waals surface area contributed by atoms with E-state index in [0.717, 1.165) is 47.1 Å². The molecule has 204 valence electrons. The number of anilines is 1. The minimum absolute atomic E-state index is 0.0895. The van der Waals surface area contributed by atoms with E-state index in [2.05, 4.69) is 21.6 Å². The predicted octanol–water partition coefficient (Wildman–Crippen LogP) is 3.83. The SMILES string of the molecule is COCOC1C(Nc2nc(-c3cccc(-c4cnn(C)c4)c3)ncc2-c2cnn(C)c2)CCCC1OC(C)=O. The van der Waals surface area contributed by atoms with Crippen molar-refractivity contribution < 1.29 is 19.0 Å². The van der Waals surface area contributed by atoms with Crippen LogP contribution in [0.5, 0.6) is 0 Å². The fourth-order valence-electron chi connectivity index (χ4n) is 4.98. The maximum absolute atomic E-state index is 11.8. The molecule has 11 nitrogen and oxygen atoms in total. The van der Waals surface area contributed by atoms with Gasteiger partial charge in [-0.2, -0.15) is 10.2 Å². The van der Waals surface area contributed by atoms with E-state index in [1.807, 2.05) is 57.1 Å². The molecule has 39 heavy (non-hydrogen) atoms. The van der Waals surface area contributed by atoms with Gasteiger partial charge in [-0.1, -0.05) is 18.2 Å². The zero-order valence-corrected chi connectivity index (χ0v) is 22.6. The quantitative estimate of drug-likeness (QED) is 0.254. The first-order valence-electron chi connectivity index (χ1n) is 12.9. The van der Waals surface area contributed by atoms with E-state index in [0.29, 0.717) is 11.6 Å². The molecule has 1 aliphatic carbocycles. The van der Waals surface area contributed by atoms with Gasteiger partial charge < -0.3 is 19.5 Å². The highest BCUT2D eigenvalue weighted by molar-refractivity contribution is 5.77. The highest BCUT2D eigenvalue weighted by atomic mass is 16.7. The van der Waals surface area contributed by atoms with Crippen molar-refractivity contribution in [2.45, 2.75) is 44.4 Å². The van der Waals surface area contributed by atoms with Gasteiger partial charge in [0.1, 0.15) is 24.8 Å². The van der Waals surface area contributed by atoms with Crippen LogP contribution in [-0.4, -0.2) is 67.7 Å². The maximum atomic E-state index is 11.8. The Bertz CT molecular complexity index is 1430. The van der Waals surface area contributed by atoms with E-state index in [-0.39, 0.29) is 24.9 Å². The van der Waals surface area contributed by atoms with Crippen LogP contribution in [0.3, 0.4) is 0 Å². The Balaban J connectivity index is 1.51. The molecule has 3 atom stereocenters. The summed E-state index contributed by atoms with van der Waals surface area (Å²) in [6, 6.07) is 7.91. The van der Waals surface area contributed by atoms with Gasteiger partial charge in [0, 0.05) is 69.0 Å². The summed E-state index contributed by atoms with van der Waals surface area (Å²) in [5.74, 6) is 0.900. The van der Waals surface area contributed by atoms with Gasteiger partial charge in [-0.3, -0.25) is 14.2 Å². The second-order valence-corrected chi connectivity index (χ2v) is 9.71. The summed E-state index contributed by atoms with van der Waals surface area (Å²) in [5.41, 5.74) is 4.62. The van der Waals surface area contributed by atoms with E-state index in [1.54, 1.807) is 22.7 Å². The van der Waals surface area contributed by atoms with Gasteiger partial charge in [0.15, 0.2) is 5.82 Å². The summed E-state index contributed by atoms with van der Waals surface area (Å²) in [7, 11) is 5.34. The lowest BCUT2D eigenvalue weighted by Crippen LogP contribution is -2.49. The van der Waals surface area contributed by atoms with Crippen molar-refractivity contribution in [2.24, 2.45) is 14.1 Å². The number of esters is 1. The van der Waals surface area contributed by atoms with Gasteiger partial charge in [-0.05, 0) is 30.9 Å². The molecule has 0 spiro atoms. The zero-order chi connectivity index (χ0) is 27.4. The number of hydrogen-bond donors (Lipinski definition) is 1. The van der Waals surface area contributed by atoms with Crippen LogP contribution in [0.4, 0.5) is 5.82 Å². The summed E-state index contributed by atoms with van der Waals surface area (Å²) in [5, 5.41) is 12.2. The van der Waals surface area contributed by atoms with E-state index < -0.39 is 6.10 Å². The number of carbonyl (C=O) groups is 1. The second kappa shape index (κ2) is 11.7. The summed E-state index contributed by atoms with van der Waals surface area (Å²) < 4.78 is 20.4. The van der Waals surface area contributed by atoms with Crippen molar-refractivity contribution in [1.82, 2.24) is 29.5 Å². The van der Waals surface area contributed by atoms with Gasteiger partial charge >= 0.3 is 5.97 Å². The molecule has 3 aromatic heterocycles. The number of rotatable bonds is 9. The lowest BCUT2D eigenvalue weighted by molar-refractivity contribution is -0.169. The molecule has 4 aromatic rings. The number of ether oxygens (including phenoxy) is 3. The first-order chi connectivity index (χ1) is 18.9. The zero-order valence-electron chi connectivity index (χ0n) is 22.6. The van der Waals surface area contributed by atoms with Crippen molar-refractivity contribution in [3.63, 3.8) is 0 Å². The Morgan fingerprint density at radius 1 is 1.03 bits per heavy atom. The number of benzene rings is 1. The number of aryl methyl sites for hydroxylation is 2. The highest BCUT2D eigenvalue weighted by Crippen LogP contribution is 2.33. The molecule has 3 unspecified atom stereocenters. The van der Waals surface area contributed by atoms with Crippen LogP contribution >= 0.6 is 0 Å². The Hall–Kier alpha value is -4.09. The molecule has 11 heteroatoms. The first-order valence-corrected chi connectivity index (χ1v) is 12.9. The van der Waals surface area contributed by atoms with E-state index >= 15 is 0 Å². The molecule has 1 saturated carbocycles. The molecular formula is C28H33N7O4. The maximum Gasteiger partial charge on any atom is 0.302 e. The van der Waals surface area contributed by atoms with Crippen LogP contribution in [0.2, 0.25) is 0 Å². The van der Waals surface area contributed by atoms with Crippen LogP contribution in [0.15, 0.2) is 55.2 Å². The summed E-state index contributed by atoms with van der Waals surface area (Å²) >= 11 is 0. The Morgan fingerprint density at radius 2 is 1.77 bits per heavy atom. The monoisotopic (exact) mass is 531 g/mol. The molecule has 1 aliphatic rings. The number of carbonyl (C=O) groups excluding carboxylic acids is 1. The third-order valence-corrected chi connectivity index (χ3v) is 6.75. The van der Waals surface area contributed by atoms with Gasteiger partial charge in [0.05, 0.1) is 18.4 Å². The minimum atomic E-state index is -0.406. The molecule has 0 bridgehead atoms. The van der Waals surface area contributed by atoms with Crippen LogP contribution in [-0.2, 0) is 33.1 Å². The third-order valence-electron chi connectivity index (χ3n) is 6.75. The third kappa shape index (κ3) is 6.15. The summed E-state index contributed by atoms with van der Waals surface area (Å²) in [6.07, 6.45) is 10.9. The number of nitrogens with zero attached hydrogens (tertiary/aromatic N) is 6. The summed E-state index contributed by atoms with van der Waals surface area (Å²) in [6.45, 7) is 1.51. The van der Waals surface area contributed by atoms with E-state index in [4.69, 9.17) is 24.2 Å². The fraction of sp³-hybridized carbons (Fsp3) is 0.393. The fourth-order valence-corrected chi connectivity index (χ4v) is 4.98. The molecule has 1 N–H and O–H groups in total. The van der Waals surface area contributed by atoms with Crippen molar-refractivity contribution in [3.05, 3.63) is 55.2 Å². The van der Waals surface area contributed by atoms with Gasteiger partial charge in [-0.15, -0.1) is 0 Å². The van der Waals surface area contributed by atoms with Crippen LogP contribution in [0.1, 0.15) is 26.2 Å². The minimum Gasteiger partial charge on any atom is -0.460 e. The Kier molecular flexibility index (Phi) is 7.99. The molecule has 5 rings (SSSR count). The second-order valence-electron chi connectivity index (χ2n) is 9.71. The number of aromatic nitrogens is 6. The molecule has 0 amide bonds. The van der Waals surface area contributed by atoms with Crippen LogP contribution in [0.25, 0.3) is 33.6 Å². The normalized spacial score (nSPS) is 19.1. The average molecular weight is 532 g/mol. The van der Waals surface area contributed by atoms with Crippen LogP contribution in [0, 0.1) is 0 Å². The molecule has 0 saturated heterocycles. The molecular weight excluding hydrogens is 498 g/mol. The Morgan fingerprint density at radius 3 is 2.46 bits per heavy atom. The van der Waals surface area contributed by atoms with Crippen molar-refractivity contribution in [1.29, 1.82) is 0 Å². The summed E-state index contributed by atoms with van der Waals surface area (Å²) in [4.78, 5) is 21.5. The molecule has 0 radical (unpaired) electrons. The molecule has 0 aliphatic heterocycles. The van der Waals surface area contributed by atoms with E-state index in [9.17, 15) is 4.79 Å². The lowest BCUT2D eigenvalue weighted by atomic mass is 9.89. The smallest absolute Gasteiger partial charge is 0.302 e. The first kappa shape index (κ1) is 26.5. The molecule has 1 fully saturated rings. The number of methoxy groups -OCH3 is 1. The largest absolute Gasteiger partial charge is 0.460 e. The highest BCUT2D eigenvalue weighted by Gasteiger charge is 2.37. The van der Waals surface area contributed by atoms with Gasteiger partial charge in [-0.25, -0.2) is 9.97 Å². The number of nitrogens with one attached hydrogen (secondary N) is 1. The standard InChI is InChI=1S/C28H33N7O4/c1-18(36)39-25-10-6-9-24(26(25)38-17-37-4)32-28-23(22-13-31-35(3)16-22)14-29-27(33-28)20-8-5-7-19(11-20)21-12-30-34(2)15-21/h5,7-8,11-16,24-26H,6,9-10,17H2,1-4H3,(H,29,32,33). The van der Waals surface area contributed by atoms with Crippen molar-refractivity contribution in [2.75, 3.05) is 19.2 Å².